The Morgan fingerprint density at radius 1 is 1.41 bits per heavy atom. The molecule has 0 aliphatic rings. The SMILES string of the molecule is O=P([O-])([O-])C(F)c1csc(-c2ccccn2)n1. The lowest BCUT2D eigenvalue weighted by atomic mass is 10.4. The molecule has 8 heteroatoms. The third-order valence-electron chi connectivity index (χ3n) is 1.93. The first-order valence-corrected chi connectivity index (χ1v) is 7.00. The summed E-state index contributed by atoms with van der Waals surface area (Å²) in [6, 6.07) is 5.09. The summed E-state index contributed by atoms with van der Waals surface area (Å²) in [7, 11) is -5.30. The van der Waals surface area contributed by atoms with Crippen molar-refractivity contribution >= 4 is 18.9 Å². The lowest BCUT2D eigenvalue weighted by Crippen LogP contribution is -2.18. The maximum Gasteiger partial charge on any atom is 0.169 e. The molecule has 0 spiro atoms. The maximum atomic E-state index is 13.2. The van der Waals surface area contributed by atoms with Crippen LogP contribution in [-0.4, -0.2) is 9.97 Å². The van der Waals surface area contributed by atoms with Gasteiger partial charge in [-0.3, -0.25) is 4.98 Å². The predicted octanol–water partition coefficient (Wildman–Crippen LogP) is 1.09. The van der Waals surface area contributed by atoms with Gasteiger partial charge in [0.05, 0.1) is 11.4 Å². The Hall–Kier alpha value is -1.14. The second-order valence-corrected chi connectivity index (χ2v) is 5.56. The molecule has 0 amide bonds. The zero-order chi connectivity index (χ0) is 12.5. The Labute approximate surface area is 100 Å². The maximum absolute atomic E-state index is 13.2. The van der Waals surface area contributed by atoms with E-state index in [9.17, 15) is 18.7 Å². The number of pyridine rings is 1. The van der Waals surface area contributed by atoms with Crippen LogP contribution in [0.2, 0.25) is 0 Å². The first-order valence-electron chi connectivity index (χ1n) is 4.51. The normalized spacial score (nSPS) is 13.6. The van der Waals surface area contributed by atoms with Crippen molar-refractivity contribution in [3.8, 4) is 10.7 Å². The van der Waals surface area contributed by atoms with Crippen LogP contribution in [0.5, 0.6) is 0 Å². The summed E-state index contributed by atoms with van der Waals surface area (Å²) < 4.78 is 23.7. The zero-order valence-corrected chi connectivity index (χ0v) is 10.0. The van der Waals surface area contributed by atoms with Crippen molar-refractivity contribution in [1.29, 1.82) is 0 Å². The van der Waals surface area contributed by atoms with Crippen LogP contribution in [0.3, 0.4) is 0 Å². The average molecular weight is 272 g/mol. The lowest BCUT2D eigenvalue weighted by Gasteiger charge is -2.31. The smallest absolute Gasteiger partial charge is 0.169 e. The molecule has 90 valence electrons. The summed E-state index contributed by atoms with van der Waals surface area (Å²) >= 11 is 1.03. The third-order valence-corrected chi connectivity index (χ3v) is 3.63. The summed E-state index contributed by atoms with van der Waals surface area (Å²) in [6.07, 6.45) is 1.54. The van der Waals surface area contributed by atoms with Crippen LogP contribution in [0.1, 0.15) is 11.6 Å². The standard InChI is InChI=1S/C9H8FN2O3PS/c10-8(16(13,14)15)7-5-17-9(12-7)6-3-1-2-4-11-6/h1-5,8H,(H2,13,14,15)/p-2. The molecule has 2 rings (SSSR count). The van der Waals surface area contributed by atoms with Crippen LogP contribution in [0, 0.1) is 0 Å². The van der Waals surface area contributed by atoms with Crippen LogP contribution in [0.15, 0.2) is 29.8 Å². The molecule has 0 bridgehead atoms. The Balaban J connectivity index is 2.32. The van der Waals surface area contributed by atoms with Crippen molar-refractivity contribution in [2.75, 3.05) is 0 Å². The highest BCUT2D eigenvalue weighted by atomic mass is 32.1. The summed E-state index contributed by atoms with van der Waals surface area (Å²) in [4.78, 5) is 28.8. The van der Waals surface area contributed by atoms with Crippen LogP contribution in [-0.2, 0) is 4.57 Å². The third kappa shape index (κ3) is 2.76. The van der Waals surface area contributed by atoms with Gasteiger partial charge in [0.2, 0.25) is 0 Å². The minimum atomic E-state index is -5.30. The van der Waals surface area contributed by atoms with Crippen molar-refractivity contribution in [3.05, 3.63) is 35.5 Å². The van der Waals surface area contributed by atoms with Crippen LogP contribution < -0.4 is 9.79 Å². The van der Waals surface area contributed by atoms with Gasteiger partial charge in [0.15, 0.2) is 5.91 Å². The second-order valence-electron chi connectivity index (χ2n) is 3.17. The summed E-state index contributed by atoms with van der Waals surface area (Å²) in [6.45, 7) is 0. The van der Waals surface area contributed by atoms with Gasteiger partial charge in [0, 0.05) is 11.6 Å². The Morgan fingerprint density at radius 3 is 2.76 bits per heavy atom. The Bertz CT molecular complexity index is 556. The fourth-order valence-electron chi connectivity index (χ4n) is 1.16. The highest BCUT2D eigenvalue weighted by Crippen LogP contribution is 2.45. The van der Waals surface area contributed by atoms with Crippen molar-refractivity contribution in [3.63, 3.8) is 0 Å². The fourth-order valence-corrected chi connectivity index (χ4v) is 2.53. The molecular weight excluding hydrogens is 266 g/mol. The van der Waals surface area contributed by atoms with Crippen LogP contribution >= 0.6 is 18.9 Å². The van der Waals surface area contributed by atoms with E-state index in [0.29, 0.717) is 10.7 Å². The van der Waals surface area contributed by atoms with E-state index in [1.807, 2.05) is 0 Å². The van der Waals surface area contributed by atoms with Crippen molar-refractivity contribution in [2.45, 2.75) is 5.91 Å². The molecule has 1 unspecified atom stereocenters. The molecule has 2 heterocycles. The van der Waals surface area contributed by atoms with Crippen molar-refractivity contribution < 1.29 is 18.7 Å². The van der Waals surface area contributed by atoms with Gasteiger partial charge in [-0.2, -0.15) is 0 Å². The Morgan fingerprint density at radius 2 is 2.18 bits per heavy atom. The topological polar surface area (TPSA) is 89.0 Å². The number of aromatic nitrogens is 2. The fraction of sp³-hybridized carbons (Fsp3) is 0.111. The highest BCUT2D eigenvalue weighted by molar-refractivity contribution is 7.49. The van der Waals surface area contributed by atoms with Gasteiger partial charge in [0.1, 0.15) is 5.01 Å². The number of hydrogen-bond acceptors (Lipinski definition) is 6. The number of thiazole rings is 1. The molecule has 5 nitrogen and oxygen atoms in total. The molecule has 0 fully saturated rings. The van der Waals surface area contributed by atoms with Gasteiger partial charge < -0.3 is 14.4 Å². The molecule has 0 N–H and O–H groups in total. The van der Waals surface area contributed by atoms with Gasteiger partial charge in [-0.25, -0.2) is 9.37 Å². The first-order chi connectivity index (χ1) is 7.98. The number of alkyl halides is 1. The number of hydrogen-bond donors (Lipinski definition) is 0. The molecule has 2 aromatic heterocycles. The van der Waals surface area contributed by atoms with Gasteiger partial charge in [0.25, 0.3) is 0 Å². The summed E-state index contributed by atoms with van der Waals surface area (Å²) in [5.41, 5.74) is 0.117. The van der Waals surface area contributed by atoms with Gasteiger partial charge >= 0.3 is 0 Å². The molecule has 0 saturated heterocycles. The minimum Gasteiger partial charge on any atom is -0.808 e. The Kier molecular flexibility index (Phi) is 3.35. The molecule has 0 saturated carbocycles. The molecule has 2 aromatic rings. The van der Waals surface area contributed by atoms with E-state index in [-0.39, 0.29) is 5.69 Å². The van der Waals surface area contributed by atoms with Crippen molar-refractivity contribution in [2.24, 2.45) is 0 Å². The number of nitrogens with zero attached hydrogens (tertiary/aromatic N) is 2. The van der Waals surface area contributed by atoms with Gasteiger partial charge in [-0.15, -0.1) is 11.3 Å². The molecule has 1 atom stereocenters. The molecule has 17 heavy (non-hydrogen) atoms. The monoisotopic (exact) mass is 272 g/mol. The minimum absolute atomic E-state index is 0.372. The highest BCUT2D eigenvalue weighted by Gasteiger charge is 2.18. The summed E-state index contributed by atoms with van der Waals surface area (Å²) in [5, 5.41) is 1.58. The number of rotatable bonds is 3. The van der Waals surface area contributed by atoms with Gasteiger partial charge in [-0.05, 0) is 19.7 Å². The quantitative estimate of drug-likeness (QED) is 0.780. The van der Waals surface area contributed by atoms with E-state index in [1.165, 1.54) is 11.6 Å². The van der Waals surface area contributed by atoms with Crippen molar-refractivity contribution in [1.82, 2.24) is 9.97 Å². The average Bonchev–Trinajstić information content (AvgIpc) is 2.77. The van der Waals surface area contributed by atoms with E-state index in [0.717, 1.165) is 11.3 Å². The second kappa shape index (κ2) is 4.62. The molecule has 0 radical (unpaired) electrons. The van der Waals surface area contributed by atoms with E-state index in [1.54, 1.807) is 18.2 Å². The van der Waals surface area contributed by atoms with Crippen LogP contribution in [0.4, 0.5) is 4.39 Å². The molecule has 0 aromatic carbocycles. The van der Waals surface area contributed by atoms with E-state index in [2.05, 4.69) is 9.97 Å². The molecule has 0 aliphatic heterocycles. The lowest BCUT2D eigenvalue weighted by molar-refractivity contribution is -0.320. The van der Waals surface area contributed by atoms with E-state index in [4.69, 9.17) is 0 Å². The predicted molar refractivity (Wildman–Crippen MR) is 56.8 cm³/mol. The van der Waals surface area contributed by atoms with E-state index >= 15 is 0 Å². The van der Waals surface area contributed by atoms with Crippen LogP contribution in [0.25, 0.3) is 10.7 Å². The van der Waals surface area contributed by atoms with Gasteiger partial charge in [-0.1, -0.05) is 6.07 Å². The first kappa shape index (κ1) is 12.3. The summed E-state index contributed by atoms with van der Waals surface area (Å²) in [5.74, 6) is -2.60. The number of halogens is 1. The van der Waals surface area contributed by atoms with E-state index < -0.39 is 13.5 Å². The largest absolute Gasteiger partial charge is 0.808 e. The molecule has 0 aliphatic carbocycles. The zero-order valence-electron chi connectivity index (χ0n) is 8.32. The molecular formula is C9H6FN2O3PS-2.